The Hall–Kier alpha value is 0.270. The molecule has 1 spiro atoms. The average molecular weight is 172 g/mol. The summed E-state index contributed by atoms with van der Waals surface area (Å²) in [6, 6.07) is 0.691. The maximum atomic E-state index is 4.08. The highest BCUT2D eigenvalue weighted by Gasteiger charge is 2.43. The zero-order chi connectivity index (χ0) is 7.73. The summed E-state index contributed by atoms with van der Waals surface area (Å²) in [7, 11) is 0. The van der Waals surface area contributed by atoms with E-state index in [1.165, 1.54) is 38.8 Å². The smallest absolute Gasteiger partial charge is 0.0180 e. The minimum Gasteiger partial charge on any atom is -0.317 e. The highest BCUT2D eigenvalue weighted by molar-refractivity contribution is 7.78. The third-order valence-electron chi connectivity index (χ3n) is 3.21. The van der Waals surface area contributed by atoms with E-state index in [0.717, 1.165) is 0 Å². The van der Waals surface area contributed by atoms with Gasteiger partial charge in [-0.3, -0.25) is 4.72 Å². The van der Waals surface area contributed by atoms with E-state index in [4.69, 9.17) is 0 Å². The van der Waals surface area contributed by atoms with Crippen molar-refractivity contribution in [1.29, 1.82) is 0 Å². The first-order valence-corrected chi connectivity index (χ1v) is 4.90. The van der Waals surface area contributed by atoms with Gasteiger partial charge < -0.3 is 5.32 Å². The third-order valence-corrected chi connectivity index (χ3v) is 3.57. The fraction of sp³-hybridized carbons (Fsp3) is 1.00. The summed E-state index contributed by atoms with van der Waals surface area (Å²) in [6.45, 7) is 2.44. The Balaban J connectivity index is 1.84. The number of rotatable bonds is 1. The Morgan fingerprint density at radius 2 is 1.91 bits per heavy atom. The van der Waals surface area contributed by atoms with Crippen LogP contribution in [0.2, 0.25) is 0 Å². The van der Waals surface area contributed by atoms with Crippen LogP contribution in [0.25, 0.3) is 0 Å². The van der Waals surface area contributed by atoms with Crippen LogP contribution in [0.4, 0.5) is 0 Å². The molecule has 0 radical (unpaired) electrons. The predicted molar refractivity (Wildman–Crippen MR) is 49.7 cm³/mol. The zero-order valence-corrected chi connectivity index (χ0v) is 7.66. The van der Waals surface area contributed by atoms with Crippen molar-refractivity contribution >= 4 is 12.8 Å². The Kier molecular flexibility index (Phi) is 2.12. The average Bonchev–Trinajstić information content (AvgIpc) is 2.01. The summed E-state index contributed by atoms with van der Waals surface area (Å²) in [5, 5.41) is 3.40. The molecule has 0 aromatic carbocycles. The van der Waals surface area contributed by atoms with Gasteiger partial charge in [-0.2, -0.15) is 0 Å². The first-order valence-electron chi connectivity index (χ1n) is 4.45. The molecule has 1 saturated carbocycles. The fourth-order valence-electron chi connectivity index (χ4n) is 2.44. The number of hydrogen-bond donors (Lipinski definition) is 3. The summed E-state index contributed by atoms with van der Waals surface area (Å²) >= 11 is 4.08. The lowest BCUT2D eigenvalue weighted by Gasteiger charge is -2.50. The molecule has 1 aliphatic carbocycles. The lowest BCUT2D eigenvalue weighted by Crippen LogP contribution is -2.51. The molecule has 2 nitrogen and oxygen atoms in total. The van der Waals surface area contributed by atoms with Crippen molar-refractivity contribution in [2.75, 3.05) is 13.1 Å². The van der Waals surface area contributed by atoms with Crippen molar-refractivity contribution in [3.63, 3.8) is 0 Å². The molecule has 2 aliphatic rings. The van der Waals surface area contributed by atoms with Gasteiger partial charge >= 0.3 is 0 Å². The fourth-order valence-corrected chi connectivity index (χ4v) is 2.62. The quantitative estimate of drug-likeness (QED) is 0.513. The number of piperidine rings is 1. The van der Waals surface area contributed by atoms with Crippen LogP contribution >= 0.6 is 12.8 Å². The highest BCUT2D eigenvalue weighted by Crippen LogP contribution is 2.47. The molecule has 0 aromatic rings. The molecule has 0 unspecified atom stereocenters. The van der Waals surface area contributed by atoms with Crippen molar-refractivity contribution in [3.05, 3.63) is 0 Å². The molecule has 3 heteroatoms. The van der Waals surface area contributed by atoms with E-state index in [1.54, 1.807) is 0 Å². The Bertz CT molecular complexity index is 135. The largest absolute Gasteiger partial charge is 0.317 e. The van der Waals surface area contributed by atoms with E-state index in [9.17, 15) is 0 Å². The topological polar surface area (TPSA) is 24.1 Å². The summed E-state index contributed by atoms with van der Waals surface area (Å²) in [6.07, 6.45) is 5.44. The number of nitrogens with one attached hydrogen (secondary N) is 2. The summed E-state index contributed by atoms with van der Waals surface area (Å²) in [5.74, 6) is 0. The SMILES string of the molecule is SNC1CC2(CCNCC2)C1. The van der Waals surface area contributed by atoms with Crippen molar-refractivity contribution < 1.29 is 0 Å². The van der Waals surface area contributed by atoms with Crippen LogP contribution in [0.1, 0.15) is 25.7 Å². The molecule has 2 rings (SSSR count). The Morgan fingerprint density at radius 3 is 2.45 bits per heavy atom. The molecule has 2 fully saturated rings. The molecule has 0 bridgehead atoms. The second kappa shape index (κ2) is 2.96. The van der Waals surface area contributed by atoms with Crippen LogP contribution in [-0.4, -0.2) is 19.1 Å². The van der Waals surface area contributed by atoms with E-state index >= 15 is 0 Å². The maximum absolute atomic E-state index is 4.08. The van der Waals surface area contributed by atoms with E-state index < -0.39 is 0 Å². The number of thiol groups is 1. The molecular formula is C8H16N2S. The van der Waals surface area contributed by atoms with Crippen LogP contribution in [0.5, 0.6) is 0 Å². The van der Waals surface area contributed by atoms with E-state index in [-0.39, 0.29) is 0 Å². The van der Waals surface area contributed by atoms with Crippen LogP contribution in [0.3, 0.4) is 0 Å². The second-order valence-electron chi connectivity index (χ2n) is 3.98. The van der Waals surface area contributed by atoms with Gasteiger partial charge in [0.15, 0.2) is 0 Å². The molecule has 11 heavy (non-hydrogen) atoms. The van der Waals surface area contributed by atoms with Gasteiger partial charge in [0.25, 0.3) is 0 Å². The molecule has 0 atom stereocenters. The van der Waals surface area contributed by atoms with Crippen molar-refractivity contribution in [2.45, 2.75) is 31.7 Å². The summed E-state index contributed by atoms with van der Waals surface area (Å²) in [4.78, 5) is 0. The van der Waals surface area contributed by atoms with Crippen LogP contribution in [0.15, 0.2) is 0 Å². The molecule has 64 valence electrons. The van der Waals surface area contributed by atoms with Crippen LogP contribution in [-0.2, 0) is 0 Å². The van der Waals surface area contributed by atoms with Crippen molar-refractivity contribution in [1.82, 2.24) is 10.0 Å². The van der Waals surface area contributed by atoms with Gasteiger partial charge in [0, 0.05) is 6.04 Å². The normalized spacial score (nSPS) is 30.3. The molecule has 2 N–H and O–H groups in total. The monoisotopic (exact) mass is 172 g/mol. The summed E-state index contributed by atoms with van der Waals surface area (Å²) in [5.41, 5.74) is 0.700. The predicted octanol–water partition coefficient (Wildman–Crippen LogP) is 0.953. The first-order chi connectivity index (χ1) is 5.35. The highest BCUT2D eigenvalue weighted by atomic mass is 32.1. The summed E-state index contributed by atoms with van der Waals surface area (Å²) < 4.78 is 3.05. The van der Waals surface area contributed by atoms with Crippen LogP contribution < -0.4 is 10.0 Å². The van der Waals surface area contributed by atoms with Gasteiger partial charge in [-0.15, -0.1) is 0 Å². The third kappa shape index (κ3) is 1.42. The molecule has 0 amide bonds. The van der Waals surface area contributed by atoms with E-state index in [1.807, 2.05) is 0 Å². The minimum atomic E-state index is 0.691. The molecular weight excluding hydrogens is 156 g/mol. The maximum Gasteiger partial charge on any atom is 0.0180 e. The lowest BCUT2D eigenvalue weighted by atomic mass is 9.61. The lowest BCUT2D eigenvalue weighted by molar-refractivity contribution is 0.0577. The first kappa shape index (κ1) is 7.90. The van der Waals surface area contributed by atoms with Crippen molar-refractivity contribution in [3.8, 4) is 0 Å². The van der Waals surface area contributed by atoms with Crippen molar-refractivity contribution in [2.24, 2.45) is 5.41 Å². The van der Waals surface area contributed by atoms with Gasteiger partial charge in [-0.1, -0.05) is 12.8 Å². The van der Waals surface area contributed by atoms with Crippen LogP contribution in [0, 0.1) is 5.41 Å². The molecule has 1 saturated heterocycles. The minimum absolute atomic E-state index is 0.691. The van der Waals surface area contributed by atoms with E-state index in [2.05, 4.69) is 22.9 Å². The zero-order valence-electron chi connectivity index (χ0n) is 6.77. The Morgan fingerprint density at radius 1 is 1.27 bits per heavy atom. The van der Waals surface area contributed by atoms with Gasteiger partial charge in [-0.25, -0.2) is 0 Å². The Labute approximate surface area is 73.7 Å². The van der Waals surface area contributed by atoms with Gasteiger partial charge in [-0.05, 0) is 44.2 Å². The molecule has 0 aromatic heterocycles. The van der Waals surface area contributed by atoms with Gasteiger partial charge in [0.05, 0.1) is 0 Å². The molecule has 1 heterocycles. The van der Waals surface area contributed by atoms with Gasteiger partial charge in [0.1, 0.15) is 0 Å². The van der Waals surface area contributed by atoms with E-state index in [0.29, 0.717) is 11.5 Å². The number of hydrogen-bond acceptors (Lipinski definition) is 3. The molecule has 1 aliphatic heterocycles. The van der Waals surface area contributed by atoms with Gasteiger partial charge in [0.2, 0.25) is 0 Å². The second-order valence-corrected chi connectivity index (χ2v) is 4.24. The standard InChI is InChI=1S/C8H16N2S/c11-10-7-5-8(6-7)1-3-9-4-2-8/h7,9-11H,1-6H2.